The van der Waals surface area contributed by atoms with E-state index in [2.05, 4.69) is 10.1 Å². The lowest BCUT2D eigenvalue weighted by Crippen LogP contribution is -1.99. The second kappa shape index (κ2) is 3.31. The highest BCUT2D eigenvalue weighted by molar-refractivity contribution is 5.60. The second-order valence-corrected chi connectivity index (χ2v) is 3.33. The summed E-state index contributed by atoms with van der Waals surface area (Å²) < 4.78 is 1.86. The highest BCUT2D eigenvalue weighted by Gasteiger charge is 2.12. The first-order valence-corrected chi connectivity index (χ1v) is 4.60. The molecule has 3 N–H and O–H groups in total. The molecule has 0 aromatic carbocycles. The smallest absolute Gasteiger partial charge is 0.0873 e. The van der Waals surface area contributed by atoms with Gasteiger partial charge < -0.3 is 10.7 Å². The minimum absolute atomic E-state index is 0.486. The van der Waals surface area contributed by atoms with Crippen molar-refractivity contribution in [3.05, 3.63) is 29.6 Å². The summed E-state index contributed by atoms with van der Waals surface area (Å²) in [6, 6.07) is 4.01. The van der Waals surface area contributed by atoms with Crippen LogP contribution in [0.25, 0.3) is 11.4 Å². The van der Waals surface area contributed by atoms with Gasteiger partial charge in [0, 0.05) is 25.4 Å². The molecule has 0 aliphatic rings. The quantitative estimate of drug-likeness (QED) is 0.747. The molecule has 0 saturated carbocycles. The molecule has 4 nitrogen and oxygen atoms in total. The summed E-state index contributed by atoms with van der Waals surface area (Å²) in [6.07, 6.45) is 1.91. The molecule has 4 heteroatoms. The Balaban J connectivity index is 2.58. The number of aryl methyl sites for hydroxylation is 1. The number of hydrogen-bond acceptors (Lipinski definition) is 2. The predicted octanol–water partition coefficient (Wildman–Crippen LogP) is 1.18. The Bertz CT molecular complexity index is 425. The number of aromatic nitrogens is 3. The maximum absolute atomic E-state index is 5.60. The van der Waals surface area contributed by atoms with Crippen molar-refractivity contribution in [2.75, 3.05) is 0 Å². The molecule has 74 valence electrons. The molecule has 0 spiro atoms. The summed E-state index contributed by atoms with van der Waals surface area (Å²) in [4.78, 5) is 3.17. The Kier molecular flexibility index (Phi) is 2.13. The fourth-order valence-corrected chi connectivity index (χ4v) is 1.73. The summed E-state index contributed by atoms with van der Waals surface area (Å²) in [5.41, 5.74) is 9.89. The lowest BCUT2D eigenvalue weighted by Gasteiger charge is -1.99. The van der Waals surface area contributed by atoms with Crippen molar-refractivity contribution in [2.45, 2.75) is 13.5 Å². The van der Waals surface area contributed by atoms with Gasteiger partial charge in [-0.2, -0.15) is 5.10 Å². The van der Waals surface area contributed by atoms with Crippen LogP contribution in [0.1, 0.15) is 11.3 Å². The Morgan fingerprint density at radius 2 is 2.36 bits per heavy atom. The Morgan fingerprint density at radius 3 is 2.86 bits per heavy atom. The standard InChI is InChI=1S/C10H14N4/c1-7-9(6-11)13-14(2)10(7)8-4-3-5-12-8/h3-5,12H,6,11H2,1-2H3. The molecular weight excluding hydrogens is 176 g/mol. The number of H-pyrrole nitrogens is 1. The van der Waals surface area contributed by atoms with Gasteiger partial charge in [0.15, 0.2) is 0 Å². The topological polar surface area (TPSA) is 59.6 Å². The molecule has 0 unspecified atom stereocenters. The molecular formula is C10H14N4. The van der Waals surface area contributed by atoms with E-state index in [1.165, 1.54) is 0 Å². The van der Waals surface area contributed by atoms with E-state index in [4.69, 9.17) is 5.73 Å². The maximum atomic E-state index is 5.60. The third-order valence-electron chi connectivity index (χ3n) is 2.43. The van der Waals surface area contributed by atoms with Crippen molar-refractivity contribution in [1.29, 1.82) is 0 Å². The van der Waals surface area contributed by atoms with Crippen LogP contribution < -0.4 is 5.73 Å². The SMILES string of the molecule is Cc1c(CN)nn(C)c1-c1ccc[nH]1. The van der Waals surface area contributed by atoms with Crippen LogP contribution in [0, 0.1) is 6.92 Å². The first-order valence-electron chi connectivity index (χ1n) is 4.60. The number of nitrogens with one attached hydrogen (secondary N) is 1. The maximum Gasteiger partial charge on any atom is 0.0873 e. The van der Waals surface area contributed by atoms with E-state index in [1.807, 2.05) is 37.0 Å². The summed E-state index contributed by atoms with van der Waals surface area (Å²) in [5.74, 6) is 0. The van der Waals surface area contributed by atoms with Gasteiger partial charge in [-0.1, -0.05) is 0 Å². The molecule has 0 aliphatic carbocycles. The normalized spacial score (nSPS) is 10.8. The molecule has 0 radical (unpaired) electrons. The van der Waals surface area contributed by atoms with E-state index in [0.29, 0.717) is 6.54 Å². The van der Waals surface area contributed by atoms with E-state index < -0.39 is 0 Å². The van der Waals surface area contributed by atoms with Crippen molar-refractivity contribution in [2.24, 2.45) is 12.8 Å². The number of hydrogen-bond donors (Lipinski definition) is 2. The summed E-state index contributed by atoms with van der Waals surface area (Å²) in [5, 5.41) is 4.36. The first-order chi connectivity index (χ1) is 6.74. The third-order valence-corrected chi connectivity index (χ3v) is 2.43. The van der Waals surface area contributed by atoms with E-state index >= 15 is 0 Å². The lowest BCUT2D eigenvalue weighted by atomic mass is 10.1. The summed E-state index contributed by atoms with van der Waals surface area (Å²) in [7, 11) is 1.93. The van der Waals surface area contributed by atoms with Gasteiger partial charge in [-0.15, -0.1) is 0 Å². The van der Waals surface area contributed by atoms with Crippen LogP contribution in [0.5, 0.6) is 0 Å². The predicted molar refractivity (Wildman–Crippen MR) is 55.6 cm³/mol. The highest BCUT2D eigenvalue weighted by Crippen LogP contribution is 2.23. The van der Waals surface area contributed by atoms with Crippen molar-refractivity contribution in [1.82, 2.24) is 14.8 Å². The van der Waals surface area contributed by atoms with Gasteiger partial charge >= 0.3 is 0 Å². The zero-order chi connectivity index (χ0) is 10.1. The zero-order valence-electron chi connectivity index (χ0n) is 8.41. The molecule has 2 heterocycles. The number of nitrogens with two attached hydrogens (primary N) is 1. The molecule has 2 rings (SSSR count). The van der Waals surface area contributed by atoms with Crippen LogP contribution in [-0.2, 0) is 13.6 Å². The van der Waals surface area contributed by atoms with Gasteiger partial charge in [-0.3, -0.25) is 4.68 Å². The average Bonchev–Trinajstić information content (AvgIpc) is 2.74. The van der Waals surface area contributed by atoms with Gasteiger partial charge in [0.25, 0.3) is 0 Å². The van der Waals surface area contributed by atoms with E-state index in [0.717, 1.165) is 22.6 Å². The molecule has 2 aromatic heterocycles. The fraction of sp³-hybridized carbons (Fsp3) is 0.300. The van der Waals surface area contributed by atoms with Gasteiger partial charge in [-0.25, -0.2) is 0 Å². The number of nitrogens with zero attached hydrogens (tertiary/aromatic N) is 2. The molecule has 2 aromatic rings. The third kappa shape index (κ3) is 1.24. The first kappa shape index (κ1) is 9.02. The number of rotatable bonds is 2. The van der Waals surface area contributed by atoms with Crippen LogP contribution >= 0.6 is 0 Å². The van der Waals surface area contributed by atoms with Crippen molar-refractivity contribution in [3.63, 3.8) is 0 Å². The van der Waals surface area contributed by atoms with Crippen LogP contribution in [0.2, 0.25) is 0 Å². The Labute approximate surface area is 82.7 Å². The second-order valence-electron chi connectivity index (χ2n) is 3.33. The fourth-order valence-electron chi connectivity index (χ4n) is 1.73. The Hall–Kier alpha value is -1.55. The molecule has 0 amide bonds. The molecule has 0 bridgehead atoms. The number of aromatic amines is 1. The summed E-state index contributed by atoms with van der Waals surface area (Å²) >= 11 is 0. The van der Waals surface area contributed by atoms with Gasteiger partial charge in [0.2, 0.25) is 0 Å². The van der Waals surface area contributed by atoms with Crippen LogP contribution in [0.4, 0.5) is 0 Å². The summed E-state index contributed by atoms with van der Waals surface area (Å²) in [6.45, 7) is 2.53. The highest BCUT2D eigenvalue weighted by atomic mass is 15.3. The molecule has 0 atom stereocenters. The molecule has 0 saturated heterocycles. The van der Waals surface area contributed by atoms with Gasteiger partial charge in [0.1, 0.15) is 0 Å². The molecule has 0 fully saturated rings. The van der Waals surface area contributed by atoms with Crippen molar-refractivity contribution in [3.8, 4) is 11.4 Å². The Morgan fingerprint density at radius 1 is 1.57 bits per heavy atom. The monoisotopic (exact) mass is 190 g/mol. The van der Waals surface area contributed by atoms with Crippen molar-refractivity contribution < 1.29 is 0 Å². The van der Waals surface area contributed by atoms with Crippen LogP contribution in [0.15, 0.2) is 18.3 Å². The lowest BCUT2D eigenvalue weighted by molar-refractivity contribution is 0.748. The largest absolute Gasteiger partial charge is 0.360 e. The van der Waals surface area contributed by atoms with Gasteiger partial charge in [0.05, 0.1) is 17.1 Å². The van der Waals surface area contributed by atoms with Crippen LogP contribution in [-0.4, -0.2) is 14.8 Å². The van der Waals surface area contributed by atoms with Gasteiger partial charge in [-0.05, 0) is 19.1 Å². The van der Waals surface area contributed by atoms with E-state index in [-0.39, 0.29) is 0 Å². The van der Waals surface area contributed by atoms with Crippen LogP contribution in [0.3, 0.4) is 0 Å². The molecule has 14 heavy (non-hydrogen) atoms. The minimum Gasteiger partial charge on any atom is -0.360 e. The van der Waals surface area contributed by atoms with Crippen molar-refractivity contribution >= 4 is 0 Å². The molecule has 0 aliphatic heterocycles. The van der Waals surface area contributed by atoms with E-state index in [1.54, 1.807) is 0 Å². The zero-order valence-corrected chi connectivity index (χ0v) is 8.41. The van der Waals surface area contributed by atoms with E-state index in [9.17, 15) is 0 Å². The average molecular weight is 190 g/mol. The minimum atomic E-state index is 0.486.